The van der Waals surface area contributed by atoms with Crippen molar-refractivity contribution in [3.05, 3.63) is 17.7 Å². The van der Waals surface area contributed by atoms with Gasteiger partial charge < -0.3 is 109 Å². The first-order valence-electron chi connectivity index (χ1n) is 22.0. The summed E-state index contributed by atoms with van der Waals surface area (Å²) < 4.78 is 50.1. The number of hydrogen-bond donors (Lipinski definition) is 13. The Morgan fingerprint density at radius 2 is 1.40 bits per heavy atom. The average Bonchev–Trinajstić information content (AvgIpc) is 3.31. The van der Waals surface area contributed by atoms with Gasteiger partial charge in [-0.3, -0.25) is 14.4 Å². The Kier molecular flexibility index (Phi) is 21.8. The fourth-order valence-corrected chi connectivity index (χ4v) is 8.10. The van der Waals surface area contributed by atoms with Crippen molar-refractivity contribution in [1.29, 1.82) is 0 Å². The molecule has 2 amide bonds. The van der Waals surface area contributed by atoms with E-state index in [1.165, 1.54) is 33.5 Å². The summed E-state index contributed by atoms with van der Waals surface area (Å²) in [6.07, 6.45) is -21.7. The minimum absolute atomic E-state index is 0.0283. The van der Waals surface area contributed by atoms with Crippen LogP contribution in [0.2, 0.25) is 0 Å². The lowest BCUT2D eigenvalue weighted by Crippen LogP contribution is -2.71. The van der Waals surface area contributed by atoms with E-state index in [2.05, 4.69) is 15.4 Å². The van der Waals surface area contributed by atoms with Gasteiger partial charge in [-0.25, -0.2) is 4.79 Å². The van der Waals surface area contributed by atoms with Crippen LogP contribution in [0, 0.1) is 0 Å². The van der Waals surface area contributed by atoms with Crippen molar-refractivity contribution in [1.82, 2.24) is 10.6 Å². The molecule has 16 atom stereocenters. The number of benzene rings is 1. The van der Waals surface area contributed by atoms with Gasteiger partial charge in [0, 0.05) is 31.9 Å². The van der Waals surface area contributed by atoms with Gasteiger partial charge in [0.1, 0.15) is 67.1 Å². The second-order valence-electron chi connectivity index (χ2n) is 16.5. The van der Waals surface area contributed by atoms with Gasteiger partial charge in [0.25, 0.3) is 11.7 Å². The van der Waals surface area contributed by atoms with Crippen LogP contribution in [0.3, 0.4) is 0 Å². The Balaban J connectivity index is 1.61. The summed E-state index contributed by atoms with van der Waals surface area (Å²) in [5.41, 5.74) is -0.131. The number of ether oxygens (including phenoxy) is 9. The highest BCUT2D eigenvalue weighted by atomic mass is 16.8. The lowest BCUT2D eigenvalue weighted by molar-refractivity contribution is -0.382. The third-order valence-electron chi connectivity index (χ3n) is 11.8. The lowest BCUT2D eigenvalue weighted by Gasteiger charge is -2.51. The molecular formula is C42H66N2O24. The zero-order valence-electron chi connectivity index (χ0n) is 38.0. The number of carbonyl (C=O) groups excluding carboxylic acids is 3. The van der Waals surface area contributed by atoms with Gasteiger partial charge in [-0.1, -0.05) is 25.7 Å². The summed E-state index contributed by atoms with van der Waals surface area (Å²) >= 11 is 0. The molecule has 26 heteroatoms. The predicted molar refractivity (Wildman–Crippen MR) is 225 cm³/mol. The average molecular weight is 983 g/mol. The molecule has 3 aliphatic heterocycles. The van der Waals surface area contributed by atoms with E-state index < -0.39 is 147 Å². The van der Waals surface area contributed by atoms with Gasteiger partial charge >= 0.3 is 11.9 Å². The Morgan fingerprint density at radius 1 is 0.794 bits per heavy atom. The SMILES string of the molecule is COC(=O)CCCCCCCCO[C@@H]1OC(CO)[C@@H](OC2OC(CO)[C@H](O)C(O[C@]3(C(=O)O)CC(O)[C@@H](NC(C)=O)C(C(O)C(O)CO)O3)C2O)C(O)C1NC(=O)c1cc(OC)c(O)c(OC)c1. The van der Waals surface area contributed by atoms with Crippen LogP contribution in [0.15, 0.2) is 12.1 Å². The van der Waals surface area contributed by atoms with Gasteiger partial charge in [-0.2, -0.15) is 0 Å². The molecule has 4 rings (SSSR count). The molecule has 0 aliphatic carbocycles. The molecule has 3 aliphatic rings. The Hall–Kier alpha value is -4.10. The number of aromatic hydroxyl groups is 1. The molecule has 0 spiro atoms. The van der Waals surface area contributed by atoms with Crippen LogP contribution in [0.25, 0.3) is 0 Å². The maximum Gasteiger partial charge on any atom is 0.364 e. The molecule has 3 saturated heterocycles. The number of methoxy groups -OCH3 is 3. The third-order valence-corrected chi connectivity index (χ3v) is 11.8. The fraction of sp³-hybridized carbons (Fsp3) is 0.762. The van der Waals surface area contributed by atoms with Crippen LogP contribution in [0.1, 0.15) is 68.6 Å². The normalized spacial score (nSPS) is 32.6. The van der Waals surface area contributed by atoms with Crippen molar-refractivity contribution >= 4 is 23.8 Å². The number of carbonyl (C=O) groups is 4. The number of rotatable bonds is 25. The number of aliphatic carboxylic acids is 1. The topological polar surface area (TPSA) is 398 Å². The van der Waals surface area contributed by atoms with Crippen molar-refractivity contribution in [2.24, 2.45) is 0 Å². The molecule has 388 valence electrons. The highest BCUT2D eigenvalue weighted by Crippen LogP contribution is 2.40. The quantitative estimate of drug-likeness (QED) is 0.0327. The number of nitrogens with one attached hydrogen (secondary N) is 2. The summed E-state index contributed by atoms with van der Waals surface area (Å²) in [5.74, 6) is -7.76. The minimum atomic E-state index is -3.10. The van der Waals surface area contributed by atoms with Crippen LogP contribution in [-0.4, -0.2) is 225 Å². The van der Waals surface area contributed by atoms with E-state index in [0.717, 1.165) is 26.2 Å². The first kappa shape index (κ1) is 56.5. The third kappa shape index (κ3) is 13.8. The second-order valence-corrected chi connectivity index (χ2v) is 16.5. The van der Waals surface area contributed by atoms with E-state index >= 15 is 0 Å². The molecule has 13 N–H and O–H groups in total. The van der Waals surface area contributed by atoms with Crippen LogP contribution >= 0.6 is 0 Å². The molecule has 1 aromatic rings. The number of aliphatic hydroxyl groups is 9. The van der Waals surface area contributed by atoms with E-state index in [1.54, 1.807) is 0 Å². The Morgan fingerprint density at radius 3 is 1.96 bits per heavy atom. The standard InChI is InChI=1S/C42H66N2O24/c1-19(48)43-28-21(49)15-42(41(58)59,67-36(28)30(52)22(50)16-45)68-37-32(54)25(17-46)64-40(34(37)56)66-35-26(18-47)65-39(63-12-10-8-6-5-7-9-11-27(51)62-4)29(33(35)55)44-38(57)20-13-23(60-2)31(53)24(14-20)61-3/h13-14,21-22,25-26,28-30,32-37,39-40,45-47,49-50,52-56H,5-12,15-18H2,1-4H3,(H,43,48)(H,44,57)(H,58,59)/t21?,22?,25?,26?,28-,29?,30?,32+,33?,34?,35-,36?,37?,39-,40?,42+/m1/s1. The molecule has 0 radical (unpaired) electrons. The van der Waals surface area contributed by atoms with Gasteiger partial charge in [0.15, 0.2) is 24.1 Å². The number of phenols is 1. The zero-order chi connectivity index (χ0) is 50.5. The van der Waals surface area contributed by atoms with Crippen LogP contribution in [0.5, 0.6) is 17.2 Å². The maximum atomic E-state index is 13.8. The summed E-state index contributed by atoms with van der Waals surface area (Å²) in [5, 5.41) is 123. The number of hydrogen-bond acceptors (Lipinski definition) is 23. The molecule has 68 heavy (non-hydrogen) atoms. The summed E-state index contributed by atoms with van der Waals surface area (Å²) in [6, 6.07) is -0.785. The van der Waals surface area contributed by atoms with Gasteiger partial charge in [-0.05, 0) is 25.0 Å². The molecule has 3 heterocycles. The Labute approximate surface area is 390 Å². The van der Waals surface area contributed by atoms with E-state index in [4.69, 9.17) is 37.9 Å². The highest BCUT2D eigenvalue weighted by Gasteiger charge is 2.60. The van der Waals surface area contributed by atoms with Gasteiger partial charge in [-0.15, -0.1) is 0 Å². The van der Waals surface area contributed by atoms with Crippen LogP contribution in [0.4, 0.5) is 0 Å². The number of carboxylic acid groups (broad SMARTS) is 1. The summed E-state index contributed by atoms with van der Waals surface area (Å²) in [7, 11) is 3.79. The maximum absolute atomic E-state index is 13.8. The number of aliphatic hydroxyl groups excluding tert-OH is 9. The highest BCUT2D eigenvalue weighted by molar-refractivity contribution is 5.96. The largest absolute Gasteiger partial charge is 0.502 e. The molecular weight excluding hydrogens is 916 g/mol. The first-order chi connectivity index (χ1) is 32.3. The van der Waals surface area contributed by atoms with E-state index in [0.29, 0.717) is 25.7 Å². The number of esters is 1. The molecule has 3 fully saturated rings. The predicted octanol–water partition coefficient (Wildman–Crippen LogP) is -4.13. The number of carboxylic acids is 1. The second kappa shape index (κ2) is 26.2. The Bertz CT molecular complexity index is 1770. The van der Waals surface area contributed by atoms with Crippen molar-refractivity contribution in [3.8, 4) is 17.2 Å². The smallest absolute Gasteiger partial charge is 0.364 e. The molecule has 0 saturated carbocycles. The molecule has 26 nitrogen and oxygen atoms in total. The monoisotopic (exact) mass is 982 g/mol. The fourth-order valence-electron chi connectivity index (χ4n) is 8.10. The van der Waals surface area contributed by atoms with E-state index in [-0.39, 0.29) is 29.6 Å². The molecule has 0 bridgehead atoms. The van der Waals surface area contributed by atoms with Crippen molar-refractivity contribution in [2.45, 2.75) is 156 Å². The van der Waals surface area contributed by atoms with Crippen molar-refractivity contribution < 1.29 is 118 Å². The number of amides is 2. The van der Waals surface area contributed by atoms with Crippen LogP contribution < -0.4 is 20.1 Å². The first-order valence-corrected chi connectivity index (χ1v) is 22.0. The van der Waals surface area contributed by atoms with Gasteiger partial charge in [0.05, 0.1) is 53.3 Å². The molecule has 1 aromatic carbocycles. The van der Waals surface area contributed by atoms with Crippen molar-refractivity contribution in [2.75, 3.05) is 47.8 Å². The zero-order valence-corrected chi connectivity index (χ0v) is 38.0. The molecule has 11 unspecified atom stereocenters. The van der Waals surface area contributed by atoms with Crippen molar-refractivity contribution in [3.63, 3.8) is 0 Å². The summed E-state index contributed by atoms with van der Waals surface area (Å²) in [6.45, 7) is -1.93. The van der Waals surface area contributed by atoms with E-state index in [1.807, 2.05) is 0 Å². The van der Waals surface area contributed by atoms with Crippen LogP contribution in [-0.2, 0) is 47.5 Å². The minimum Gasteiger partial charge on any atom is -0.502 e. The van der Waals surface area contributed by atoms with Gasteiger partial charge in [0.2, 0.25) is 11.7 Å². The number of unbranched alkanes of at least 4 members (excludes halogenated alkanes) is 5. The summed E-state index contributed by atoms with van der Waals surface area (Å²) in [4.78, 5) is 50.2. The molecule has 0 aromatic heterocycles. The lowest BCUT2D eigenvalue weighted by atomic mass is 9.88. The number of phenolic OH excluding ortho intramolecular Hbond substituents is 1. The van der Waals surface area contributed by atoms with E-state index in [9.17, 15) is 75.3 Å².